The molecule has 1 heterocycles. The highest BCUT2D eigenvalue weighted by Gasteiger charge is 2.31. The number of anilines is 1. The highest BCUT2D eigenvalue weighted by molar-refractivity contribution is 5.70. The van der Waals surface area contributed by atoms with Crippen molar-refractivity contribution in [2.24, 2.45) is 11.8 Å². The molecule has 1 aliphatic heterocycles. The maximum absolute atomic E-state index is 12.4. The van der Waals surface area contributed by atoms with Crippen molar-refractivity contribution in [1.29, 1.82) is 0 Å². The zero-order chi connectivity index (χ0) is 22.3. The highest BCUT2D eigenvalue weighted by atomic mass is 16.6. The van der Waals surface area contributed by atoms with Gasteiger partial charge in [-0.1, -0.05) is 31.0 Å². The van der Waals surface area contributed by atoms with E-state index in [2.05, 4.69) is 10.2 Å². The highest BCUT2D eigenvalue weighted by Crippen LogP contribution is 2.34. The van der Waals surface area contributed by atoms with Gasteiger partial charge in [-0.3, -0.25) is 10.1 Å². The molecule has 170 valence electrons. The Kier molecular flexibility index (Phi) is 7.24. The predicted octanol–water partition coefficient (Wildman–Crippen LogP) is 5.55. The predicted molar refractivity (Wildman–Crippen MR) is 124 cm³/mol. The van der Waals surface area contributed by atoms with Crippen LogP contribution in [-0.2, 0) is 0 Å². The molecular formula is C25H31N3O4. The topological polar surface area (TPSA) is 84.7 Å². The molecule has 1 N–H and O–H groups in total. The van der Waals surface area contributed by atoms with Gasteiger partial charge in [-0.05, 0) is 68.2 Å². The number of nitrogens with zero attached hydrogens (tertiary/aromatic N) is 2. The lowest BCUT2D eigenvalue weighted by Gasteiger charge is -2.39. The van der Waals surface area contributed by atoms with Crippen molar-refractivity contribution in [1.82, 2.24) is 5.32 Å². The maximum atomic E-state index is 12.4. The van der Waals surface area contributed by atoms with Gasteiger partial charge in [0.05, 0.1) is 4.92 Å². The number of non-ortho nitro benzene ring substituents is 1. The van der Waals surface area contributed by atoms with Crippen molar-refractivity contribution in [3.63, 3.8) is 0 Å². The van der Waals surface area contributed by atoms with Crippen LogP contribution >= 0.6 is 0 Å². The molecule has 32 heavy (non-hydrogen) atoms. The Morgan fingerprint density at radius 1 is 1.03 bits per heavy atom. The third kappa shape index (κ3) is 5.78. The molecule has 1 saturated carbocycles. The van der Waals surface area contributed by atoms with Gasteiger partial charge in [0.2, 0.25) is 0 Å². The van der Waals surface area contributed by atoms with E-state index >= 15 is 0 Å². The van der Waals surface area contributed by atoms with Crippen molar-refractivity contribution in [3.8, 4) is 5.75 Å². The van der Waals surface area contributed by atoms with E-state index in [0.29, 0.717) is 17.6 Å². The number of nitro groups is 1. The summed E-state index contributed by atoms with van der Waals surface area (Å²) in [5.41, 5.74) is 1.17. The van der Waals surface area contributed by atoms with Crippen LogP contribution in [0.25, 0.3) is 0 Å². The van der Waals surface area contributed by atoms with Crippen LogP contribution in [0.3, 0.4) is 0 Å². The Hall–Kier alpha value is -3.09. The number of piperidine rings is 1. The minimum Gasteiger partial charge on any atom is -0.410 e. The molecule has 0 unspecified atom stereocenters. The molecule has 0 radical (unpaired) electrons. The van der Waals surface area contributed by atoms with Gasteiger partial charge in [0, 0.05) is 37.0 Å². The van der Waals surface area contributed by atoms with Gasteiger partial charge in [0.15, 0.2) is 0 Å². The summed E-state index contributed by atoms with van der Waals surface area (Å²) in [7, 11) is 0. The summed E-state index contributed by atoms with van der Waals surface area (Å²) >= 11 is 0. The molecule has 2 fully saturated rings. The van der Waals surface area contributed by atoms with Gasteiger partial charge in [0.1, 0.15) is 5.75 Å². The third-order valence-corrected chi connectivity index (χ3v) is 6.75. The van der Waals surface area contributed by atoms with Crippen molar-refractivity contribution in [3.05, 3.63) is 64.7 Å². The lowest BCUT2D eigenvalue weighted by Crippen LogP contribution is -2.45. The number of nitro benzene ring substituents is 1. The number of carbonyl (C=O) groups is 1. The second kappa shape index (κ2) is 10.5. The first-order chi connectivity index (χ1) is 15.6. The molecule has 1 amide bonds. The fraction of sp³-hybridized carbons (Fsp3) is 0.480. The largest absolute Gasteiger partial charge is 0.412 e. The molecule has 4 rings (SSSR count). The summed E-state index contributed by atoms with van der Waals surface area (Å²) in [5.74, 6) is 1.56. The number of rotatable bonds is 6. The number of para-hydroxylation sites is 1. The minimum absolute atomic E-state index is 0.126. The van der Waals surface area contributed by atoms with E-state index in [-0.39, 0.29) is 22.7 Å². The van der Waals surface area contributed by atoms with Gasteiger partial charge in [-0.2, -0.15) is 0 Å². The summed E-state index contributed by atoms with van der Waals surface area (Å²) in [6.07, 6.45) is 7.47. The quantitative estimate of drug-likeness (QED) is 0.473. The maximum Gasteiger partial charge on any atom is 0.412 e. The standard InChI is InChI=1S/C25H31N3O4/c29-25(32-23-9-2-1-3-10-23)26-24-11-5-4-8-20(24)17-19-7-6-16-27(18-19)21-12-14-22(15-13-21)28(30)31/h1-3,9-10,12-15,19-20,24H,4-8,11,16-18H2,(H,26,29)/t19-,20+,24-/m1/s1. The van der Waals surface area contributed by atoms with Gasteiger partial charge in [-0.15, -0.1) is 0 Å². The normalized spacial score (nSPS) is 23.4. The number of hydrogen-bond donors (Lipinski definition) is 1. The van der Waals surface area contributed by atoms with E-state index in [9.17, 15) is 14.9 Å². The van der Waals surface area contributed by atoms with Crippen LogP contribution in [0.2, 0.25) is 0 Å². The second-order valence-electron chi connectivity index (χ2n) is 8.96. The molecule has 1 saturated heterocycles. The Balaban J connectivity index is 1.33. The lowest BCUT2D eigenvalue weighted by atomic mass is 9.77. The molecule has 0 spiro atoms. The first-order valence-corrected chi connectivity index (χ1v) is 11.6. The van der Waals surface area contributed by atoms with Crippen LogP contribution in [0.4, 0.5) is 16.2 Å². The van der Waals surface area contributed by atoms with Crippen LogP contribution in [0.1, 0.15) is 44.9 Å². The molecule has 0 aromatic heterocycles. The number of hydrogen-bond acceptors (Lipinski definition) is 5. The van der Waals surface area contributed by atoms with Gasteiger partial charge in [-0.25, -0.2) is 4.79 Å². The molecule has 2 aromatic rings. The lowest BCUT2D eigenvalue weighted by molar-refractivity contribution is -0.384. The number of nitrogens with one attached hydrogen (secondary N) is 1. The van der Waals surface area contributed by atoms with E-state index in [1.165, 1.54) is 12.8 Å². The molecule has 3 atom stereocenters. The number of amides is 1. The number of carbonyl (C=O) groups excluding carboxylic acids is 1. The molecular weight excluding hydrogens is 406 g/mol. The summed E-state index contributed by atoms with van der Waals surface area (Å²) in [5, 5.41) is 14.1. The summed E-state index contributed by atoms with van der Waals surface area (Å²) in [6.45, 7) is 1.93. The molecule has 7 nitrogen and oxygen atoms in total. The molecule has 2 aromatic carbocycles. The first kappa shape index (κ1) is 22.1. The van der Waals surface area contributed by atoms with Gasteiger partial charge in [0.25, 0.3) is 5.69 Å². The molecule has 0 bridgehead atoms. The van der Waals surface area contributed by atoms with Crippen LogP contribution in [0.15, 0.2) is 54.6 Å². The smallest absolute Gasteiger partial charge is 0.410 e. The Labute approximate surface area is 188 Å². The monoisotopic (exact) mass is 437 g/mol. The zero-order valence-corrected chi connectivity index (χ0v) is 18.3. The fourth-order valence-electron chi connectivity index (χ4n) is 5.16. The Morgan fingerprint density at radius 3 is 2.53 bits per heavy atom. The summed E-state index contributed by atoms with van der Waals surface area (Å²) in [6, 6.07) is 16.2. The van der Waals surface area contributed by atoms with E-state index in [1.54, 1.807) is 24.3 Å². The van der Waals surface area contributed by atoms with Crippen molar-refractivity contribution >= 4 is 17.5 Å². The Morgan fingerprint density at radius 2 is 1.78 bits per heavy atom. The van der Waals surface area contributed by atoms with Crippen molar-refractivity contribution < 1.29 is 14.5 Å². The molecule has 1 aliphatic carbocycles. The SMILES string of the molecule is O=C(N[C@@H]1CCCC[C@H]1C[C@H]1CCCN(c2ccc([N+](=O)[O-])cc2)C1)Oc1ccccc1. The van der Waals surface area contributed by atoms with Crippen molar-refractivity contribution in [2.45, 2.75) is 51.0 Å². The number of benzene rings is 2. The first-order valence-electron chi connectivity index (χ1n) is 11.6. The van der Waals surface area contributed by atoms with E-state index in [4.69, 9.17) is 4.74 Å². The van der Waals surface area contributed by atoms with E-state index < -0.39 is 0 Å². The molecule has 7 heteroatoms. The second-order valence-corrected chi connectivity index (χ2v) is 8.96. The van der Waals surface area contributed by atoms with Crippen molar-refractivity contribution in [2.75, 3.05) is 18.0 Å². The minimum atomic E-state index is -0.371. The fourth-order valence-corrected chi connectivity index (χ4v) is 5.16. The van der Waals surface area contributed by atoms with Gasteiger partial charge < -0.3 is 15.0 Å². The summed E-state index contributed by atoms with van der Waals surface area (Å²) in [4.78, 5) is 25.3. The zero-order valence-electron chi connectivity index (χ0n) is 18.3. The average Bonchev–Trinajstić information content (AvgIpc) is 2.81. The van der Waals surface area contributed by atoms with Crippen LogP contribution in [0, 0.1) is 22.0 Å². The van der Waals surface area contributed by atoms with Crippen LogP contribution < -0.4 is 15.0 Å². The van der Waals surface area contributed by atoms with Crippen LogP contribution in [-0.4, -0.2) is 30.1 Å². The van der Waals surface area contributed by atoms with Gasteiger partial charge >= 0.3 is 6.09 Å². The van der Waals surface area contributed by atoms with Crippen LogP contribution in [0.5, 0.6) is 5.75 Å². The summed E-state index contributed by atoms with van der Waals surface area (Å²) < 4.78 is 5.45. The third-order valence-electron chi connectivity index (χ3n) is 6.75. The van der Waals surface area contributed by atoms with E-state index in [0.717, 1.165) is 50.9 Å². The van der Waals surface area contributed by atoms with E-state index in [1.807, 2.05) is 30.3 Å². The molecule has 2 aliphatic rings. The number of ether oxygens (including phenoxy) is 1. The average molecular weight is 438 g/mol. The Bertz CT molecular complexity index is 903.